The molecule has 1 saturated carbocycles. The molecule has 0 aromatic carbocycles. The van der Waals surface area contributed by atoms with Crippen molar-refractivity contribution in [2.45, 2.75) is 31.7 Å². The van der Waals surface area contributed by atoms with Crippen molar-refractivity contribution in [1.29, 1.82) is 0 Å². The molecule has 1 fully saturated rings. The van der Waals surface area contributed by atoms with E-state index in [4.69, 9.17) is 5.73 Å². The Bertz CT molecular complexity index is 579. The highest BCUT2D eigenvalue weighted by Gasteiger charge is 2.26. The second kappa shape index (κ2) is 5.85. The highest BCUT2D eigenvalue weighted by atomic mass is 32.1. The lowest BCUT2D eigenvalue weighted by Gasteiger charge is -2.11. The van der Waals surface area contributed by atoms with Crippen molar-refractivity contribution in [1.82, 2.24) is 15.3 Å². The quantitative estimate of drug-likeness (QED) is 0.901. The number of thiazole rings is 1. The number of aromatic nitrogens is 2. The van der Waals surface area contributed by atoms with E-state index in [-0.39, 0.29) is 11.9 Å². The number of hydrogen-bond acceptors (Lipinski definition) is 5. The molecule has 1 amide bonds. The van der Waals surface area contributed by atoms with E-state index in [1.54, 1.807) is 6.20 Å². The Balaban J connectivity index is 1.64. The van der Waals surface area contributed by atoms with Gasteiger partial charge in [0.2, 0.25) is 0 Å². The monoisotopic (exact) mass is 290 g/mol. The molecule has 1 aliphatic carbocycles. The van der Waals surface area contributed by atoms with Gasteiger partial charge in [-0.25, -0.2) is 9.97 Å². The normalized spacial score (nSPS) is 22.2. The predicted octanol–water partition coefficient (Wildman–Crippen LogP) is 1.94. The van der Waals surface area contributed by atoms with Crippen LogP contribution < -0.4 is 11.1 Å². The number of carbonyl (C=O) groups is 1. The Hall–Kier alpha value is -1.53. The van der Waals surface area contributed by atoms with Crippen LogP contribution in [0.25, 0.3) is 10.3 Å². The molecule has 2 heterocycles. The van der Waals surface area contributed by atoms with Gasteiger partial charge in [0.1, 0.15) is 10.3 Å². The van der Waals surface area contributed by atoms with Gasteiger partial charge in [0, 0.05) is 12.2 Å². The first-order valence-electron chi connectivity index (χ1n) is 6.98. The van der Waals surface area contributed by atoms with Crippen molar-refractivity contribution in [3.8, 4) is 0 Å². The summed E-state index contributed by atoms with van der Waals surface area (Å²) >= 11 is 1.35. The standard InChI is InChI=1S/C14H18N4OS/c15-6-5-9-3-4-10(8-9)17-12(19)14-18-11-2-1-7-16-13(11)20-14/h1-2,7,9-10H,3-6,8,15H2,(H,17,19). The van der Waals surface area contributed by atoms with E-state index in [1.165, 1.54) is 11.3 Å². The first-order chi connectivity index (χ1) is 9.76. The SMILES string of the molecule is NCCC1CCC(NC(=O)c2nc3cccnc3s2)C1. The van der Waals surface area contributed by atoms with Crippen LogP contribution in [-0.4, -0.2) is 28.5 Å². The number of fused-ring (bicyclic) bond motifs is 1. The van der Waals surface area contributed by atoms with Gasteiger partial charge in [-0.2, -0.15) is 0 Å². The summed E-state index contributed by atoms with van der Waals surface area (Å²) in [5, 5.41) is 3.59. The third kappa shape index (κ3) is 2.81. The van der Waals surface area contributed by atoms with E-state index in [1.807, 2.05) is 12.1 Å². The van der Waals surface area contributed by atoms with Crippen molar-refractivity contribution in [3.05, 3.63) is 23.3 Å². The molecule has 3 rings (SSSR count). The minimum atomic E-state index is -0.0774. The van der Waals surface area contributed by atoms with Crippen molar-refractivity contribution in [2.24, 2.45) is 11.7 Å². The van der Waals surface area contributed by atoms with E-state index in [9.17, 15) is 4.79 Å². The lowest BCUT2D eigenvalue weighted by atomic mass is 10.0. The van der Waals surface area contributed by atoms with Crippen molar-refractivity contribution in [3.63, 3.8) is 0 Å². The molecule has 2 aromatic rings. The van der Waals surface area contributed by atoms with E-state index in [0.717, 1.165) is 42.6 Å². The molecule has 2 unspecified atom stereocenters. The Morgan fingerprint density at radius 1 is 1.50 bits per heavy atom. The van der Waals surface area contributed by atoms with Gasteiger partial charge in [-0.05, 0) is 50.3 Å². The van der Waals surface area contributed by atoms with E-state index in [2.05, 4.69) is 15.3 Å². The molecular weight excluding hydrogens is 272 g/mol. The Morgan fingerprint density at radius 2 is 2.40 bits per heavy atom. The van der Waals surface area contributed by atoms with E-state index >= 15 is 0 Å². The van der Waals surface area contributed by atoms with Crippen LogP contribution >= 0.6 is 11.3 Å². The number of nitrogens with zero attached hydrogens (tertiary/aromatic N) is 2. The molecule has 0 radical (unpaired) electrons. The molecule has 0 aliphatic heterocycles. The van der Waals surface area contributed by atoms with Crippen LogP contribution in [0.5, 0.6) is 0 Å². The van der Waals surface area contributed by atoms with Crippen LogP contribution in [0.4, 0.5) is 0 Å². The minimum absolute atomic E-state index is 0.0774. The van der Waals surface area contributed by atoms with Crippen LogP contribution in [-0.2, 0) is 0 Å². The average molecular weight is 290 g/mol. The maximum Gasteiger partial charge on any atom is 0.280 e. The molecule has 6 heteroatoms. The Morgan fingerprint density at radius 3 is 3.20 bits per heavy atom. The van der Waals surface area contributed by atoms with Crippen molar-refractivity contribution < 1.29 is 4.79 Å². The van der Waals surface area contributed by atoms with Crippen LogP contribution in [0.15, 0.2) is 18.3 Å². The maximum absolute atomic E-state index is 12.2. The molecule has 2 atom stereocenters. The van der Waals surface area contributed by atoms with Crippen molar-refractivity contribution in [2.75, 3.05) is 6.54 Å². The highest BCUT2D eigenvalue weighted by molar-refractivity contribution is 7.19. The van der Waals surface area contributed by atoms with Crippen molar-refractivity contribution >= 4 is 27.6 Å². The van der Waals surface area contributed by atoms with E-state index in [0.29, 0.717) is 10.9 Å². The molecule has 2 aromatic heterocycles. The van der Waals surface area contributed by atoms with Gasteiger partial charge < -0.3 is 11.1 Å². The van der Waals surface area contributed by atoms with E-state index < -0.39 is 0 Å². The third-order valence-electron chi connectivity index (χ3n) is 3.81. The smallest absolute Gasteiger partial charge is 0.280 e. The van der Waals surface area contributed by atoms with Gasteiger partial charge in [-0.15, -0.1) is 0 Å². The second-order valence-corrected chi connectivity index (χ2v) is 6.25. The fraction of sp³-hybridized carbons (Fsp3) is 0.500. The summed E-state index contributed by atoms with van der Waals surface area (Å²) in [6, 6.07) is 3.97. The Kier molecular flexibility index (Phi) is 3.93. The molecule has 0 bridgehead atoms. The second-order valence-electron chi connectivity index (χ2n) is 5.27. The lowest BCUT2D eigenvalue weighted by Crippen LogP contribution is -2.32. The van der Waals surface area contributed by atoms with Gasteiger partial charge in [-0.1, -0.05) is 11.3 Å². The zero-order valence-corrected chi connectivity index (χ0v) is 12.0. The van der Waals surface area contributed by atoms with Gasteiger partial charge in [0.15, 0.2) is 5.01 Å². The van der Waals surface area contributed by atoms with Crippen LogP contribution in [0.2, 0.25) is 0 Å². The highest BCUT2D eigenvalue weighted by Crippen LogP contribution is 2.28. The summed E-state index contributed by atoms with van der Waals surface area (Å²) in [7, 11) is 0. The minimum Gasteiger partial charge on any atom is -0.347 e. The summed E-state index contributed by atoms with van der Waals surface area (Å²) in [6.45, 7) is 0.731. The van der Waals surface area contributed by atoms with Gasteiger partial charge in [0.25, 0.3) is 5.91 Å². The lowest BCUT2D eigenvalue weighted by molar-refractivity contribution is 0.0937. The van der Waals surface area contributed by atoms with Gasteiger partial charge in [-0.3, -0.25) is 4.79 Å². The maximum atomic E-state index is 12.2. The number of hydrogen-bond donors (Lipinski definition) is 2. The zero-order chi connectivity index (χ0) is 13.9. The number of rotatable bonds is 4. The van der Waals surface area contributed by atoms with Gasteiger partial charge >= 0.3 is 0 Å². The number of amides is 1. The fourth-order valence-corrected chi connectivity index (χ4v) is 3.63. The summed E-state index contributed by atoms with van der Waals surface area (Å²) < 4.78 is 0. The third-order valence-corrected chi connectivity index (χ3v) is 4.79. The van der Waals surface area contributed by atoms with Gasteiger partial charge in [0.05, 0.1) is 0 Å². The van der Waals surface area contributed by atoms with Crippen LogP contribution in [0.1, 0.15) is 35.5 Å². The first kappa shape index (κ1) is 13.5. The Labute approximate surface area is 121 Å². The first-order valence-corrected chi connectivity index (χ1v) is 7.80. The fourth-order valence-electron chi connectivity index (χ4n) is 2.82. The number of nitrogens with one attached hydrogen (secondary N) is 1. The summed E-state index contributed by atoms with van der Waals surface area (Å²) in [6.07, 6.45) is 6.00. The molecule has 1 aliphatic rings. The average Bonchev–Trinajstić information content (AvgIpc) is 3.05. The predicted molar refractivity (Wildman–Crippen MR) is 79.7 cm³/mol. The molecule has 0 spiro atoms. The number of carbonyl (C=O) groups excluding carboxylic acids is 1. The molecule has 3 N–H and O–H groups in total. The van der Waals surface area contributed by atoms with Crippen LogP contribution in [0, 0.1) is 5.92 Å². The largest absolute Gasteiger partial charge is 0.347 e. The number of nitrogens with two attached hydrogens (primary N) is 1. The molecule has 5 nitrogen and oxygen atoms in total. The summed E-state index contributed by atoms with van der Waals surface area (Å²) in [5.41, 5.74) is 6.37. The molecular formula is C14H18N4OS. The molecule has 20 heavy (non-hydrogen) atoms. The molecule has 0 saturated heterocycles. The summed E-state index contributed by atoms with van der Waals surface area (Å²) in [4.78, 5) is 21.6. The topological polar surface area (TPSA) is 80.9 Å². The van der Waals surface area contributed by atoms with Crippen LogP contribution in [0.3, 0.4) is 0 Å². The molecule has 106 valence electrons. The zero-order valence-electron chi connectivity index (χ0n) is 11.2. The summed E-state index contributed by atoms with van der Waals surface area (Å²) in [5.74, 6) is 0.578. The number of pyridine rings is 1.